The summed E-state index contributed by atoms with van der Waals surface area (Å²) in [6, 6.07) is 0.768. The van der Waals surface area contributed by atoms with E-state index in [2.05, 4.69) is 46.7 Å². The summed E-state index contributed by atoms with van der Waals surface area (Å²) in [6.07, 6.45) is 2.69. The second kappa shape index (κ2) is 2.97. The van der Waals surface area contributed by atoms with E-state index in [1.54, 1.807) is 0 Å². The molecule has 10 heavy (non-hydrogen) atoms. The Balaban J connectivity index is 2.49. The van der Waals surface area contributed by atoms with Gasteiger partial charge in [0.25, 0.3) is 0 Å². The molecule has 0 aromatic rings. The number of halogens is 1. The Morgan fingerprint density at radius 1 is 1.50 bits per heavy atom. The molecule has 1 aliphatic rings. The molecule has 1 nitrogen and oxygen atoms in total. The number of nitrogens with zero attached hydrogens (tertiary/aromatic N) is 1. The number of hydrogen-bond donors (Lipinski definition) is 0. The summed E-state index contributed by atoms with van der Waals surface area (Å²) in [7, 11) is 0. The Hall–Kier alpha value is 0.690. The minimum absolute atomic E-state index is 0.584. The van der Waals surface area contributed by atoms with Crippen molar-refractivity contribution in [2.45, 2.75) is 39.7 Å². The lowest BCUT2D eigenvalue weighted by molar-refractivity contribution is 0.167. The maximum absolute atomic E-state index is 2.43. The van der Waals surface area contributed by atoms with E-state index in [0.29, 0.717) is 5.41 Å². The van der Waals surface area contributed by atoms with Crippen LogP contribution in [0.2, 0.25) is 0 Å². The van der Waals surface area contributed by atoms with Crippen molar-refractivity contribution in [1.29, 1.82) is 0 Å². The lowest BCUT2D eigenvalue weighted by Crippen LogP contribution is -2.37. The van der Waals surface area contributed by atoms with Crippen molar-refractivity contribution in [3.05, 3.63) is 0 Å². The first-order chi connectivity index (χ1) is 4.51. The van der Waals surface area contributed by atoms with Crippen molar-refractivity contribution >= 4 is 22.9 Å². The standard InChI is InChI=1S/C8H16IN/c1-7-6-8(2,3)4-5-10(7)9/h7H,4-6H2,1-3H3. The van der Waals surface area contributed by atoms with E-state index in [-0.39, 0.29) is 0 Å². The van der Waals surface area contributed by atoms with Gasteiger partial charge in [-0.15, -0.1) is 0 Å². The molecule has 1 heterocycles. The molecule has 0 radical (unpaired) electrons. The molecule has 2 heteroatoms. The van der Waals surface area contributed by atoms with Gasteiger partial charge in [0.2, 0.25) is 0 Å². The molecule has 0 aliphatic carbocycles. The maximum atomic E-state index is 2.43. The van der Waals surface area contributed by atoms with Gasteiger partial charge in [0.1, 0.15) is 0 Å². The molecular weight excluding hydrogens is 237 g/mol. The molecule has 1 atom stereocenters. The second-order valence-electron chi connectivity index (χ2n) is 4.09. The van der Waals surface area contributed by atoms with Gasteiger partial charge in [-0.25, -0.2) is 3.11 Å². The van der Waals surface area contributed by atoms with E-state index >= 15 is 0 Å². The third-order valence-electron chi connectivity index (χ3n) is 2.33. The predicted octanol–water partition coefficient (Wildman–Crippen LogP) is 2.85. The lowest BCUT2D eigenvalue weighted by Gasteiger charge is -2.38. The van der Waals surface area contributed by atoms with Crippen molar-refractivity contribution in [2.75, 3.05) is 6.54 Å². The van der Waals surface area contributed by atoms with Gasteiger partial charge in [-0.05, 0) is 25.2 Å². The van der Waals surface area contributed by atoms with Gasteiger partial charge in [-0.3, -0.25) is 0 Å². The fourth-order valence-corrected chi connectivity index (χ4v) is 2.07. The molecule has 0 N–H and O–H groups in total. The fourth-order valence-electron chi connectivity index (χ4n) is 1.63. The van der Waals surface area contributed by atoms with Crippen LogP contribution in [0.25, 0.3) is 0 Å². The summed E-state index contributed by atoms with van der Waals surface area (Å²) >= 11 is 2.43. The number of hydrogen-bond acceptors (Lipinski definition) is 1. The summed E-state index contributed by atoms with van der Waals surface area (Å²) in [5, 5.41) is 0. The molecule has 0 aromatic heterocycles. The Morgan fingerprint density at radius 3 is 2.50 bits per heavy atom. The van der Waals surface area contributed by atoms with Gasteiger partial charge in [-0.1, -0.05) is 13.8 Å². The lowest BCUT2D eigenvalue weighted by atomic mass is 9.80. The number of piperidine rings is 1. The van der Waals surface area contributed by atoms with E-state index in [0.717, 1.165) is 6.04 Å². The highest BCUT2D eigenvalue weighted by Crippen LogP contribution is 2.34. The number of rotatable bonds is 0. The largest absolute Gasteiger partial charge is 0.245 e. The molecule has 0 bridgehead atoms. The van der Waals surface area contributed by atoms with E-state index in [4.69, 9.17) is 0 Å². The smallest absolute Gasteiger partial charge is 0.0204 e. The molecular formula is C8H16IN. The third kappa shape index (κ3) is 2.09. The highest BCUT2D eigenvalue weighted by Gasteiger charge is 2.29. The van der Waals surface area contributed by atoms with Gasteiger partial charge >= 0.3 is 0 Å². The first-order valence-corrected chi connectivity index (χ1v) is 4.90. The molecule has 0 saturated carbocycles. The average Bonchev–Trinajstić information content (AvgIpc) is 1.79. The van der Waals surface area contributed by atoms with Crippen LogP contribution in [0.15, 0.2) is 0 Å². The minimum Gasteiger partial charge on any atom is -0.245 e. The zero-order valence-corrected chi connectivity index (χ0v) is 9.18. The van der Waals surface area contributed by atoms with Crippen molar-refractivity contribution in [3.63, 3.8) is 0 Å². The quantitative estimate of drug-likeness (QED) is 0.474. The van der Waals surface area contributed by atoms with Crippen LogP contribution in [0.3, 0.4) is 0 Å². The summed E-state index contributed by atoms with van der Waals surface area (Å²) in [4.78, 5) is 0. The van der Waals surface area contributed by atoms with Crippen LogP contribution in [0.5, 0.6) is 0 Å². The SMILES string of the molecule is CC1CC(C)(C)CCN1I. The molecule has 1 rings (SSSR count). The Morgan fingerprint density at radius 2 is 2.10 bits per heavy atom. The Labute approximate surface area is 77.7 Å². The van der Waals surface area contributed by atoms with Crippen molar-refractivity contribution < 1.29 is 0 Å². The third-order valence-corrected chi connectivity index (χ3v) is 3.76. The first kappa shape index (κ1) is 8.78. The average molecular weight is 253 g/mol. The van der Waals surface area contributed by atoms with Gasteiger partial charge in [-0.2, -0.15) is 0 Å². The van der Waals surface area contributed by atoms with Crippen LogP contribution < -0.4 is 0 Å². The Kier molecular flexibility index (Phi) is 2.61. The Bertz CT molecular complexity index is 122. The summed E-state index contributed by atoms with van der Waals surface area (Å²) in [5.74, 6) is 0. The van der Waals surface area contributed by atoms with Crippen molar-refractivity contribution in [3.8, 4) is 0 Å². The van der Waals surface area contributed by atoms with E-state index in [9.17, 15) is 0 Å². The van der Waals surface area contributed by atoms with Crippen LogP contribution >= 0.6 is 22.9 Å². The highest BCUT2D eigenvalue weighted by molar-refractivity contribution is 14.1. The molecule has 1 unspecified atom stereocenters. The molecule has 1 aliphatic heterocycles. The van der Waals surface area contributed by atoms with Crippen LogP contribution in [-0.4, -0.2) is 15.7 Å². The van der Waals surface area contributed by atoms with Crippen LogP contribution in [0.4, 0.5) is 0 Å². The zero-order chi connectivity index (χ0) is 7.78. The van der Waals surface area contributed by atoms with Crippen molar-refractivity contribution in [2.24, 2.45) is 5.41 Å². The molecule has 60 valence electrons. The summed E-state index contributed by atoms with van der Waals surface area (Å²) < 4.78 is 2.42. The zero-order valence-electron chi connectivity index (χ0n) is 7.02. The topological polar surface area (TPSA) is 3.24 Å². The van der Waals surface area contributed by atoms with Gasteiger partial charge in [0.15, 0.2) is 0 Å². The van der Waals surface area contributed by atoms with Crippen LogP contribution in [0.1, 0.15) is 33.6 Å². The van der Waals surface area contributed by atoms with Crippen LogP contribution in [-0.2, 0) is 0 Å². The molecule has 0 spiro atoms. The predicted molar refractivity (Wildman–Crippen MR) is 53.2 cm³/mol. The fraction of sp³-hybridized carbons (Fsp3) is 1.00. The van der Waals surface area contributed by atoms with Gasteiger partial charge in [0.05, 0.1) is 0 Å². The minimum atomic E-state index is 0.584. The van der Waals surface area contributed by atoms with Crippen molar-refractivity contribution in [1.82, 2.24) is 3.11 Å². The van der Waals surface area contributed by atoms with E-state index in [1.807, 2.05) is 0 Å². The molecule has 1 fully saturated rings. The monoisotopic (exact) mass is 253 g/mol. The van der Waals surface area contributed by atoms with Crippen LogP contribution in [0, 0.1) is 5.41 Å². The first-order valence-electron chi connectivity index (χ1n) is 3.94. The van der Waals surface area contributed by atoms with E-state index in [1.165, 1.54) is 19.4 Å². The molecule has 0 amide bonds. The molecule has 1 saturated heterocycles. The molecule has 0 aromatic carbocycles. The highest BCUT2D eigenvalue weighted by atomic mass is 127. The van der Waals surface area contributed by atoms with Gasteiger partial charge < -0.3 is 0 Å². The normalized spacial score (nSPS) is 34.2. The van der Waals surface area contributed by atoms with E-state index < -0.39 is 0 Å². The maximum Gasteiger partial charge on any atom is 0.0204 e. The summed E-state index contributed by atoms with van der Waals surface area (Å²) in [5.41, 5.74) is 0.584. The van der Waals surface area contributed by atoms with Gasteiger partial charge in [0, 0.05) is 35.5 Å². The summed E-state index contributed by atoms with van der Waals surface area (Å²) in [6.45, 7) is 8.31. The second-order valence-corrected chi connectivity index (χ2v) is 5.33.